The molecule has 90 valence electrons. The normalized spacial score (nSPS) is 56.8. The van der Waals surface area contributed by atoms with Crippen LogP contribution in [0.3, 0.4) is 0 Å². The second-order valence-electron chi connectivity index (χ2n) is 4.53. The lowest BCUT2D eigenvalue weighted by molar-refractivity contribution is -0.382. The zero-order valence-electron chi connectivity index (χ0n) is 9.01. The van der Waals surface area contributed by atoms with Crippen LogP contribution in [-0.4, -0.2) is 61.3 Å². The third-order valence-corrected chi connectivity index (χ3v) is 3.54. The third-order valence-electron chi connectivity index (χ3n) is 3.54. The Labute approximate surface area is 87.7 Å². The van der Waals surface area contributed by atoms with Gasteiger partial charge in [-0.05, 0) is 20.8 Å². The van der Waals surface area contributed by atoms with Crippen molar-refractivity contribution in [1.29, 1.82) is 0 Å². The van der Waals surface area contributed by atoms with Crippen LogP contribution in [-0.2, 0) is 4.74 Å². The van der Waals surface area contributed by atoms with E-state index in [1.54, 1.807) is 0 Å². The van der Waals surface area contributed by atoms with Gasteiger partial charge >= 0.3 is 0 Å². The molecule has 5 N–H and O–H groups in total. The fraction of sp³-hybridized carbons (Fsp3) is 1.00. The monoisotopic (exact) mass is 222 g/mol. The Morgan fingerprint density at radius 1 is 1.07 bits per heavy atom. The first-order chi connectivity index (χ1) is 6.59. The van der Waals surface area contributed by atoms with Crippen molar-refractivity contribution in [2.75, 3.05) is 6.61 Å². The molecule has 1 aliphatic rings. The van der Waals surface area contributed by atoms with E-state index in [2.05, 4.69) is 0 Å². The van der Waals surface area contributed by atoms with E-state index in [9.17, 15) is 20.4 Å². The van der Waals surface area contributed by atoms with E-state index >= 15 is 0 Å². The molecule has 0 amide bonds. The van der Waals surface area contributed by atoms with E-state index in [4.69, 9.17) is 9.84 Å². The van der Waals surface area contributed by atoms with E-state index in [-0.39, 0.29) is 0 Å². The van der Waals surface area contributed by atoms with Gasteiger partial charge in [-0.15, -0.1) is 0 Å². The molecule has 0 unspecified atom stereocenters. The standard InChI is InChI=1S/C9H18O6/c1-7(12)5(4-10)15-6(11)8(2,13)9(7,3)14/h5-6,10-14H,4H2,1-3H3/t5-,6+,7+,8-,9+/m1/s1. The van der Waals surface area contributed by atoms with Crippen molar-refractivity contribution in [3.05, 3.63) is 0 Å². The molecule has 0 saturated carbocycles. The largest absolute Gasteiger partial charge is 0.394 e. The van der Waals surface area contributed by atoms with Crippen molar-refractivity contribution in [2.45, 2.75) is 50.0 Å². The minimum absolute atomic E-state index is 0.573. The maximum atomic E-state index is 10.1. The lowest BCUT2D eigenvalue weighted by Gasteiger charge is -2.56. The highest BCUT2D eigenvalue weighted by Crippen LogP contribution is 2.43. The Balaban J connectivity index is 3.16. The van der Waals surface area contributed by atoms with Crippen LogP contribution in [0.25, 0.3) is 0 Å². The van der Waals surface area contributed by atoms with Crippen molar-refractivity contribution in [3.8, 4) is 0 Å². The molecule has 1 aliphatic heterocycles. The van der Waals surface area contributed by atoms with Gasteiger partial charge in [-0.3, -0.25) is 0 Å². The number of ether oxygens (including phenoxy) is 1. The number of hydrogen-bond acceptors (Lipinski definition) is 6. The van der Waals surface area contributed by atoms with Crippen LogP contribution >= 0.6 is 0 Å². The van der Waals surface area contributed by atoms with Gasteiger partial charge in [0, 0.05) is 0 Å². The summed E-state index contributed by atoms with van der Waals surface area (Å²) in [6.45, 7) is 2.99. The van der Waals surface area contributed by atoms with Gasteiger partial charge in [0.25, 0.3) is 0 Å². The van der Waals surface area contributed by atoms with Gasteiger partial charge in [0.1, 0.15) is 22.9 Å². The van der Waals surface area contributed by atoms with Crippen molar-refractivity contribution < 1.29 is 30.3 Å². The fourth-order valence-corrected chi connectivity index (χ4v) is 1.71. The first kappa shape index (κ1) is 12.8. The predicted octanol–water partition coefficient (Wildman–Crippen LogP) is -2.05. The van der Waals surface area contributed by atoms with Crippen molar-refractivity contribution >= 4 is 0 Å². The lowest BCUT2D eigenvalue weighted by Crippen LogP contribution is -2.77. The summed E-state index contributed by atoms with van der Waals surface area (Å²) in [6, 6.07) is 0. The van der Waals surface area contributed by atoms with Gasteiger partial charge < -0.3 is 30.3 Å². The first-order valence-corrected chi connectivity index (χ1v) is 4.70. The highest BCUT2D eigenvalue weighted by Gasteiger charge is 2.65. The van der Waals surface area contributed by atoms with E-state index in [0.717, 1.165) is 6.92 Å². The molecule has 0 bridgehead atoms. The lowest BCUT2D eigenvalue weighted by atomic mass is 9.68. The summed E-state index contributed by atoms with van der Waals surface area (Å²) in [6.07, 6.45) is -2.84. The summed E-state index contributed by atoms with van der Waals surface area (Å²) in [5.74, 6) is 0. The molecule has 15 heavy (non-hydrogen) atoms. The molecule has 6 nitrogen and oxygen atoms in total. The van der Waals surface area contributed by atoms with Gasteiger partial charge in [0.05, 0.1) is 6.61 Å². The summed E-state index contributed by atoms with van der Waals surface area (Å²) < 4.78 is 4.85. The Hall–Kier alpha value is -0.240. The van der Waals surface area contributed by atoms with Gasteiger partial charge in [-0.2, -0.15) is 0 Å². The van der Waals surface area contributed by atoms with Crippen LogP contribution in [0.1, 0.15) is 20.8 Å². The molecule has 0 aromatic carbocycles. The second-order valence-corrected chi connectivity index (χ2v) is 4.53. The van der Waals surface area contributed by atoms with E-state index < -0.39 is 35.8 Å². The van der Waals surface area contributed by atoms with Crippen LogP contribution in [0.2, 0.25) is 0 Å². The zero-order valence-corrected chi connectivity index (χ0v) is 9.01. The quantitative estimate of drug-likeness (QED) is 0.349. The minimum atomic E-state index is -2.03. The Morgan fingerprint density at radius 3 is 1.93 bits per heavy atom. The fourth-order valence-electron chi connectivity index (χ4n) is 1.71. The molecule has 1 heterocycles. The van der Waals surface area contributed by atoms with Crippen LogP contribution in [0.5, 0.6) is 0 Å². The average Bonchev–Trinajstić information content (AvgIpc) is 2.10. The zero-order chi connectivity index (χ0) is 12.1. The molecule has 1 saturated heterocycles. The Kier molecular flexibility index (Phi) is 2.89. The highest BCUT2D eigenvalue weighted by atomic mass is 16.6. The molecule has 5 atom stereocenters. The summed E-state index contributed by atoms with van der Waals surface area (Å²) in [7, 11) is 0. The van der Waals surface area contributed by atoms with Crippen molar-refractivity contribution in [3.63, 3.8) is 0 Å². The smallest absolute Gasteiger partial charge is 0.187 e. The topological polar surface area (TPSA) is 110 Å². The summed E-state index contributed by atoms with van der Waals surface area (Å²) in [5.41, 5.74) is -5.91. The molecular formula is C9H18O6. The first-order valence-electron chi connectivity index (χ1n) is 4.70. The average molecular weight is 222 g/mol. The Morgan fingerprint density at radius 2 is 1.53 bits per heavy atom. The van der Waals surface area contributed by atoms with E-state index in [1.165, 1.54) is 13.8 Å². The van der Waals surface area contributed by atoms with Gasteiger partial charge in [-0.25, -0.2) is 0 Å². The SMILES string of the molecule is C[C@]1(O)[C@@](C)(O)[C@@H](CO)O[C@H](O)[C@@]1(C)O. The highest BCUT2D eigenvalue weighted by molar-refractivity contribution is 5.13. The number of hydrogen-bond donors (Lipinski definition) is 5. The molecule has 1 rings (SSSR count). The molecule has 0 aromatic rings. The molecule has 6 heteroatoms. The molecular weight excluding hydrogens is 204 g/mol. The number of rotatable bonds is 1. The van der Waals surface area contributed by atoms with E-state index in [0.29, 0.717) is 0 Å². The number of aliphatic hydroxyl groups is 5. The maximum absolute atomic E-state index is 10.1. The van der Waals surface area contributed by atoms with Gasteiger partial charge in [0.15, 0.2) is 6.29 Å². The molecule has 0 aliphatic carbocycles. The van der Waals surface area contributed by atoms with Gasteiger partial charge in [-0.1, -0.05) is 0 Å². The van der Waals surface area contributed by atoms with Crippen LogP contribution in [0, 0.1) is 0 Å². The van der Waals surface area contributed by atoms with Gasteiger partial charge in [0.2, 0.25) is 0 Å². The predicted molar refractivity (Wildman–Crippen MR) is 49.8 cm³/mol. The maximum Gasteiger partial charge on any atom is 0.187 e. The summed E-state index contributed by atoms with van der Waals surface area (Å²) >= 11 is 0. The summed E-state index contributed by atoms with van der Waals surface area (Å²) in [5, 5.41) is 48.3. The van der Waals surface area contributed by atoms with Crippen molar-refractivity contribution in [2.24, 2.45) is 0 Å². The molecule has 1 fully saturated rings. The second kappa shape index (κ2) is 3.38. The number of aliphatic hydroxyl groups excluding tert-OH is 2. The molecule has 0 spiro atoms. The minimum Gasteiger partial charge on any atom is -0.394 e. The molecule has 0 aromatic heterocycles. The van der Waals surface area contributed by atoms with E-state index in [1.807, 2.05) is 0 Å². The van der Waals surface area contributed by atoms with Crippen molar-refractivity contribution in [1.82, 2.24) is 0 Å². The van der Waals surface area contributed by atoms with Crippen LogP contribution in [0.4, 0.5) is 0 Å². The third kappa shape index (κ3) is 1.49. The van der Waals surface area contributed by atoms with Crippen LogP contribution in [0.15, 0.2) is 0 Å². The summed E-state index contributed by atoms with van der Waals surface area (Å²) in [4.78, 5) is 0. The Bertz CT molecular complexity index is 247. The molecule has 0 radical (unpaired) electrons. The van der Waals surface area contributed by atoms with Crippen LogP contribution < -0.4 is 0 Å².